The van der Waals surface area contributed by atoms with E-state index in [0.717, 1.165) is 28.4 Å². The molecule has 1 unspecified atom stereocenters. The number of benzene rings is 1. The van der Waals surface area contributed by atoms with Gasteiger partial charge in [0.1, 0.15) is 5.75 Å². The summed E-state index contributed by atoms with van der Waals surface area (Å²) >= 11 is 3.50. The van der Waals surface area contributed by atoms with Crippen molar-refractivity contribution in [2.24, 2.45) is 5.92 Å². The topological polar surface area (TPSA) is 21.3 Å². The standard InChI is InChI=1S/C15H24BrNO/c1-4-6-7-12(5-2)11-17-14-8-13(16)9-15(10-14)18-3/h8-10,12,17H,4-7,11H2,1-3H3. The summed E-state index contributed by atoms with van der Waals surface area (Å²) < 4.78 is 6.31. The highest BCUT2D eigenvalue weighted by Crippen LogP contribution is 2.25. The van der Waals surface area contributed by atoms with Gasteiger partial charge < -0.3 is 10.1 Å². The van der Waals surface area contributed by atoms with Crippen molar-refractivity contribution in [3.8, 4) is 5.75 Å². The third kappa shape index (κ3) is 5.30. The smallest absolute Gasteiger partial charge is 0.122 e. The van der Waals surface area contributed by atoms with Crippen molar-refractivity contribution in [3.05, 3.63) is 22.7 Å². The lowest BCUT2D eigenvalue weighted by molar-refractivity contribution is 0.414. The molecule has 0 fully saturated rings. The molecule has 0 aliphatic carbocycles. The van der Waals surface area contributed by atoms with E-state index in [9.17, 15) is 0 Å². The van der Waals surface area contributed by atoms with Crippen LogP contribution in [0.5, 0.6) is 5.75 Å². The molecule has 0 saturated heterocycles. The lowest BCUT2D eigenvalue weighted by Gasteiger charge is -2.16. The molecule has 102 valence electrons. The van der Waals surface area contributed by atoms with Gasteiger partial charge in [-0.3, -0.25) is 0 Å². The van der Waals surface area contributed by atoms with Gasteiger partial charge in [0.2, 0.25) is 0 Å². The normalized spacial score (nSPS) is 12.2. The van der Waals surface area contributed by atoms with Crippen molar-refractivity contribution >= 4 is 21.6 Å². The molecule has 2 nitrogen and oxygen atoms in total. The van der Waals surface area contributed by atoms with Crippen molar-refractivity contribution < 1.29 is 4.74 Å². The van der Waals surface area contributed by atoms with E-state index >= 15 is 0 Å². The summed E-state index contributed by atoms with van der Waals surface area (Å²) in [5.74, 6) is 1.64. The molecule has 0 aromatic heterocycles. The Morgan fingerprint density at radius 2 is 2.06 bits per heavy atom. The summed E-state index contributed by atoms with van der Waals surface area (Å²) in [5, 5.41) is 3.51. The number of hydrogen-bond donors (Lipinski definition) is 1. The average Bonchev–Trinajstić information content (AvgIpc) is 2.38. The number of anilines is 1. The Labute approximate surface area is 119 Å². The summed E-state index contributed by atoms with van der Waals surface area (Å²) in [6.45, 7) is 5.55. The van der Waals surface area contributed by atoms with Gasteiger partial charge in [-0.1, -0.05) is 49.0 Å². The molecule has 1 atom stereocenters. The van der Waals surface area contributed by atoms with Gasteiger partial charge in [-0.05, 0) is 24.5 Å². The number of unbranched alkanes of at least 4 members (excludes halogenated alkanes) is 1. The molecule has 0 amide bonds. The van der Waals surface area contributed by atoms with Crippen LogP contribution in [0.2, 0.25) is 0 Å². The van der Waals surface area contributed by atoms with E-state index in [1.807, 2.05) is 12.1 Å². The van der Waals surface area contributed by atoms with Crippen molar-refractivity contribution in [2.75, 3.05) is 19.0 Å². The molecule has 18 heavy (non-hydrogen) atoms. The summed E-state index contributed by atoms with van der Waals surface area (Å²) in [6, 6.07) is 6.10. The molecule has 0 saturated carbocycles. The Morgan fingerprint density at radius 1 is 1.28 bits per heavy atom. The fourth-order valence-corrected chi connectivity index (χ4v) is 2.46. The zero-order valence-electron chi connectivity index (χ0n) is 11.6. The first-order valence-corrected chi connectivity index (χ1v) is 7.57. The summed E-state index contributed by atoms with van der Waals surface area (Å²) in [6.07, 6.45) is 5.15. The minimum Gasteiger partial charge on any atom is -0.497 e. The number of ether oxygens (including phenoxy) is 1. The Bertz CT molecular complexity index is 354. The SMILES string of the molecule is CCCCC(CC)CNc1cc(Br)cc(OC)c1. The van der Waals surface area contributed by atoms with Gasteiger partial charge in [0.15, 0.2) is 0 Å². The molecular formula is C15H24BrNO. The molecule has 0 heterocycles. The van der Waals surface area contributed by atoms with Crippen LogP contribution in [-0.4, -0.2) is 13.7 Å². The average molecular weight is 314 g/mol. The van der Waals surface area contributed by atoms with Gasteiger partial charge in [-0.15, -0.1) is 0 Å². The van der Waals surface area contributed by atoms with Gasteiger partial charge in [-0.25, -0.2) is 0 Å². The Hall–Kier alpha value is -0.700. The van der Waals surface area contributed by atoms with Crippen LogP contribution in [0.4, 0.5) is 5.69 Å². The second-order valence-corrected chi connectivity index (χ2v) is 5.59. The van der Waals surface area contributed by atoms with Crippen molar-refractivity contribution in [1.29, 1.82) is 0 Å². The molecule has 1 aromatic carbocycles. The molecular weight excluding hydrogens is 290 g/mol. The molecule has 0 aliphatic heterocycles. The minimum absolute atomic E-state index is 0.759. The van der Waals surface area contributed by atoms with Crippen LogP contribution >= 0.6 is 15.9 Å². The number of nitrogens with one attached hydrogen (secondary N) is 1. The monoisotopic (exact) mass is 313 g/mol. The predicted molar refractivity (Wildman–Crippen MR) is 82.5 cm³/mol. The van der Waals surface area contributed by atoms with E-state index in [-0.39, 0.29) is 0 Å². The van der Waals surface area contributed by atoms with Crippen LogP contribution in [0.3, 0.4) is 0 Å². The maximum Gasteiger partial charge on any atom is 0.122 e. The minimum atomic E-state index is 0.759. The van der Waals surface area contributed by atoms with Gasteiger partial charge >= 0.3 is 0 Å². The maximum atomic E-state index is 5.26. The number of rotatable bonds is 8. The number of methoxy groups -OCH3 is 1. The third-order valence-electron chi connectivity index (χ3n) is 3.25. The summed E-state index contributed by atoms with van der Waals surface area (Å²) in [4.78, 5) is 0. The largest absolute Gasteiger partial charge is 0.497 e. The van der Waals surface area contributed by atoms with Crippen molar-refractivity contribution in [2.45, 2.75) is 39.5 Å². The van der Waals surface area contributed by atoms with Crippen LogP contribution in [-0.2, 0) is 0 Å². The molecule has 0 bridgehead atoms. The van der Waals surface area contributed by atoms with Gasteiger partial charge in [0.25, 0.3) is 0 Å². The molecule has 0 spiro atoms. The molecule has 1 aromatic rings. The second-order valence-electron chi connectivity index (χ2n) is 4.68. The lowest BCUT2D eigenvalue weighted by atomic mass is 9.99. The van der Waals surface area contributed by atoms with Crippen molar-refractivity contribution in [1.82, 2.24) is 0 Å². The third-order valence-corrected chi connectivity index (χ3v) is 3.70. The second kappa shape index (κ2) is 8.41. The van der Waals surface area contributed by atoms with Gasteiger partial charge in [0, 0.05) is 22.8 Å². The zero-order chi connectivity index (χ0) is 13.4. The quantitative estimate of drug-likeness (QED) is 0.722. The van der Waals surface area contributed by atoms with Crippen molar-refractivity contribution in [3.63, 3.8) is 0 Å². The fourth-order valence-electron chi connectivity index (χ4n) is 1.99. The number of hydrogen-bond acceptors (Lipinski definition) is 2. The maximum absolute atomic E-state index is 5.26. The fraction of sp³-hybridized carbons (Fsp3) is 0.600. The van der Waals surface area contributed by atoms with E-state index in [1.165, 1.54) is 25.7 Å². The van der Waals surface area contributed by atoms with E-state index in [4.69, 9.17) is 4.74 Å². The molecule has 1 N–H and O–H groups in total. The van der Waals surface area contributed by atoms with E-state index in [0.29, 0.717) is 0 Å². The van der Waals surface area contributed by atoms with Crippen LogP contribution in [0.15, 0.2) is 22.7 Å². The molecule has 3 heteroatoms. The summed E-state index contributed by atoms with van der Waals surface area (Å²) in [7, 11) is 1.70. The molecule has 1 rings (SSSR count). The lowest BCUT2D eigenvalue weighted by Crippen LogP contribution is -2.13. The van der Waals surface area contributed by atoms with Crippen LogP contribution in [0.1, 0.15) is 39.5 Å². The highest BCUT2D eigenvalue weighted by Gasteiger charge is 2.06. The Morgan fingerprint density at radius 3 is 2.67 bits per heavy atom. The van der Waals surface area contributed by atoms with Gasteiger partial charge in [-0.2, -0.15) is 0 Å². The first-order valence-electron chi connectivity index (χ1n) is 6.78. The first-order chi connectivity index (χ1) is 8.69. The van der Waals surface area contributed by atoms with E-state index < -0.39 is 0 Å². The Kier molecular flexibility index (Phi) is 7.18. The highest BCUT2D eigenvalue weighted by atomic mass is 79.9. The van der Waals surface area contributed by atoms with Crippen LogP contribution < -0.4 is 10.1 Å². The molecule has 0 aliphatic rings. The van der Waals surface area contributed by atoms with Gasteiger partial charge in [0.05, 0.1) is 7.11 Å². The van der Waals surface area contributed by atoms with Crippen LogP contribution in [0, 0.1) is 5.92 Å². The van der Waals surface area contributed by atoms with E-state index in [2.05, 4.69) is 41.2 Å². The predicted octanol–water partition coefficient (Wildman–Crippen LogP) is 5.09. The highest BCUT2D eigenvalue weighted by molar-refractivity contribution is 9.10. The molecule has 0 radical (unpaired) electrons. The van der Waals surface area contributed by atoms with Crippen LogP contribution in [0.25, 0.3) is 0 Å². The number of halogens is 1. The summed E-state index contributed by atoms with van der Waals surface area (Å²) in [5.41, 5.74) is 1.12. The Balaban J connectivity index is 2.53. The van der Waals surface area contributed by atoms with E-state index in [1.54, 1.807) is 7.11 Å². The zero-order valence-corrected chi connectivity index (χ0v) is 13.2. The first kappa shape index (κ1) is 15.4.